The van der Waals surface area contributed by atoms with Crippen LogP contribution in [0.3, 0.4) is 0 Å². The molecule has 25 heavy (non-hydrogen) atoms. The molecule has 0 aliphatic heterocycles. The summed E-state index contributed by atoms with van der Waals surface area (Å²) in [7, 11) is 1.40. The number of halogens is 1. The third kappa shape index (κ3) is 4.39. The monoisotopic (exact) mass is 364 g/mol. The van der Waals surface area contributed by atoms with Gasteiger partial charge in [0.25, 0.3) is 11.6 Å². The number of nitro benzene ring substituents is 1. The SMILES string of the molecule is CCOc1cc([N+](=O)[O-])c(C(=O)NCc2ccccc2Cl)cc1OC. The van der Waals surface area contributed by atoms with Crippen LogP contribution in [0.2, 0.25) is 5.02 Å². The molecule has 132 valence electrons. The number of methoxy groups -OCH3 is 1. The van der Waals surface area contributed by atoms with Crippen molar-refractivity contribution in [2.45, 2.75) is 13.5 Å². The van der Waals surface area contributed by atoms with E-state index in [-0.39, 0.29) is 29.3 Å². The molecule has 2 aromatic carbocycles. The minimum Gasteiger partial charge on any atom is -0.493 e. The fourth-order valence-electron chi connectivity index (χ4n) is 2.22. The average Bonchev–Trinajstić information content (AvgIpc) is 2.60. The van der Waals surface area contributed by atoms with Crippen LogP contribution >= 0.6 is 11.6 Å². The number of carbonyl (C=O) groups excluding carboxylic acids is 1. The topological polar surface area (TPSA) is 90.7 Å². The normalized spacial score (nSPS) is 10.2. The van der Waals surface area contributed by atoms with Crippen molar-refractivity contribution < 1.29 is 19.2 Å². The van der Waals surface area contributed by atoms with Gasteiger partial charge in [-0.2, -0.15) is 0 Å². The molecule has 0 bridgehead atoms. The van der Waals surface area contributed by atoms with E-state index >= 15 is 0 Å². The maximum Gasteiger partial charge on any atom is 0.286 e. The molecule has 1 N–H and O–H groups in total. The Bertz CT molecular complexity index is 795. The second kappa shape index (κ2) is 8.34. The molecule has 2 rings (SSSR count). The first kappa shape index (κ1) is 18.5. The largest absolute Gasteiger partial charge is 0.493 e. The number of hydrogen-bond donors (Lipinski definition) is 1. The van der Waals surface area contributed by atoms with Gasteiger partial charge in [0.15, 0.2) is 11.5 Å². The van der Waals surface area contributed by atoms with Gasteiger partial charge in [0.1, 0.15) is 5.56 Å². The molecular weight excluding hydrogens is 348 g/mol. The number of rotatable bonds is 7. The van der Waals surface area contributed by atoms with Crippen LogP contribution in [-0.2, 0) is 6.54 Å². The fraction of sp³-hybridized carbons (Fsp3) is 0.235. The third-order valence-corrected chi connectivity index (χ3v) is 3.79. The predicted molar refractivity (Wildman–Crippen MR) is 93.4 cm³/mol. The molecule has 0 radical (unpaired) electrons. The van der Waals surface area contributed by atoms with Crippen LogP contribution in [0.1, 0.15) is 22.8 Å². The number of hydrogen-bond acceptors (Lipinski definition) is 5. The third-order valence-electron chi connectivity index (χ3n) is 3.42. The van der Waals surface area contributed by atoms with E-state index < -0.39 is 10.8 Å². The van der Waals surface area contributed by atoms with Crippen molar-refractivity contribution in [2.24, 2.45) is 0 Å². The standard InChI is InChI=1S/C17H17ClN2O5/c1-3-25-16-9-14(20(22)23)12(8-15(16)24-2)17(21)19-10-11-6-4-5-7-13(11)18/h4-9H,3,10H2,1-2H3,(H,19,21). The molecule has 7 nitrogen and oxygen atoms in total. The lowest BCUT2D eigenvalue weighted by molar-refractivity contribution is -0.385. The number of nitro groups is 1. The molecule has 0 atom stereocenters. The highest BCUT2D eigenvalue weighted by Crippen LogP contribution is 2.34. The highest BCUT2D eigenvalue weighted by atomic mass is 35.5. The molecule has 1 amide bonds. The number of nitrogens with one attached hydrogen (secondary N) is 1. The molecule has 0 aliphatic rings. The minimum absolute atomic E-state index is 0.114. The molecule has 0 fully saturated rings. The van der Waals surface area contributed by atoms with Crippen molar-refractivity contribution in [3.8, 4) is 11.5 Å². The van der Waals surface area contributed by atoms with Crippen LogP contribution < -0.4 is 14.8 Å². The van der Waals surface area contributed by atoms with E-state index in [1.54, 1.807) is 31.2 Å². The van der Waals surface area contributed by atoms with Gasteiger partial charge in [-0.25, -0.2) is 0 Å². The minimum atomic E-state index is -0.633. The number of benzene rings is 2. The maximum atomic E-state index is 12.4. The molecular formula is C17H17ClN2O5. The Morgan fingerprint density at radius 3 is 2.60 bits per heavy atom. The van der Waals surface area contributed by atoms with Crippen LogP contribution in [0.15, 0.2) is 36.4 Å². The summed E-state index contributed by atoms with van der Waals surface area (Å²) in [5.74, 6) is -0.150. The van der Waals surface area contributed by atoms with Crippen molar-refractivity contribution in [2.75, 3.05) is 13.7 Å². The van der Waals surface area contributed by atoms with Gasteiger partial charge in [-0.1, -0.05) is 29.8 Å². The van der Waals surface area contributed by atoms with Crippen LogP contribution in [0.25, 0.3) is 0 Å². The van der Waals surface area contributed by atoms with Crippen molar-refractivity contribution in [1.82, 2.24) is 5.32 Å². The van der Waals surface area contributed by atoms with Gasteiger partial charge < -0.3 is 14.8 Å². The summed E-state index contributed by atoms with van der Waals surface area (Å²) in [4.78, 5) is 23.1. The summed E-state index contributed by atoms with van der Waals surface area (Å²) in [6, 6.07) is 9.50. The quantitative estimate of drug-likeness (QED) is 0.599. The fourth-order valence-corrected chi connectivity index (χ4v) is 2.42. The van der Waals surface area contributed by atoms with Gasteiger partial charge in [0.2, 0.25) is 0 Å². The van der Waals surface area contributed by atoms with Gasteiger partial charge in [0.05, 0.1) is 24.7 Å². The summed E-state index contributed by atoms with van der Waals surface area (Å²) in [5, 5.41) is 14.5. The Morgan fingerprint density at radius 1 is 1.28 bits per heavy atom. The van der Waals surface area contributed by atoms with Crippen LogP contribution in [0.5, 0.6) is 11.5 Å². The first-order valence-electron chi connectivity index (χ1n) is 7.48. The molecule has 0 spiro atoms. The predicted octanol–water partition coefficient (Wildman–Crippen LogP) is 3.59. The van der Waals surface area contributed by atoms with E-state index in [0.29, 0.717) is 17.2 Å². The van der Waals surface area contributed by atoms with Crippen molar-refractivity contribution >= 4 is 23.2 Å². The molecule has 0 saturated carbocycles. The molecule has 0 heterocycles. The second-order valence-corrected chi connectivity index (χ2v) is 5.39. The number of nitrogens with zero attached hydrogens (tertiary/aromatic N) is 1. The molecule has 0 unspecified atom stereocenters. The zero-order valence-corrected chi connectivity index (χ0v) is 14.5. The van der Waals surface area contributed by atoms with Crippen molar-refractivity contribution in [3.63, 3.8) is 0 Å². The van der Waals surface area contributed by atoms with Crippen molar-refractivity contribution in [3.05, 3.63) is 62.7 Å². The number of amides is 1. The summed E-state index contributed by atoms with van der Waals surface area (Å²) in [5.41, 5.74) is 0.233. The Morgan fingerprint density at radius 2 is 2.00 bits per heavy atom. The molecule has 0 aliphatic carbocycles. The van der Waals surface area contributed by atoms with Gasteiger partial charge in [0, 0.05) is 17.6 Å². The van der Waals surface area contributed by atoms with Gasteiger partial charge >= 0.3 is 0 Å². The molecule has 8 heteroatoms. The van der Waals surface area contributed by atoms with Crippen LogP contribution in [0, 0.1) is 10.1 Å². The van der Waals surface area contributed by atoms with E-state index in [0.717, 1.165) is 0 Å². The summed E-state index contributed by atoms with van der Waals surface area (Å²) >= 11 is 6.04. The smallest absolute Gasteiger partial charge is 0.286 e. The van der Waals surface area contributed by atoms with E-state index in [2.05, 4.69) is 5.32 Å². The second-order valence-electron chi connectivity index (χ2n) is 4.98. The van der Waals surface area contributed by atoms with Gasteiger partial charge in [-0.05, 0) is 18.6 Å². The van der Waals surface area contributed by atoms with E-state index in [4.69, 9.17) is 21.1 Å². The lowest BCUT2D eigenvalue weighted by Gasteiger charge is -2.12. The Kier molecular flexibility index (Phi) is 6.19. The first-order valence-corrected chi connectivity index (χ1v) is 7.86. The first-order chi connectivity index (χ1) is 12.0. The molecule has 0 aromatic heterocycles. The summed E-state index contributed by atoms with van der Waals surface area (Å²) in [6.07, 6.45) is 0. The Hall–Kier alpha value is -2.80. The van der Waals surface area contributed by atoms with Crippen LogP contribution in [-0.4, -0.2) is 24.5 Å². The zero-order valence-electron chi connectivity index (χ0n) is 13.7. The molecule has 2 aromatic rings. The number of ether oxygens (including phenoxy) is 2. The van der Waals surface area contributed by atoms with Crippen molar-refractivity contribution in [1.29, 1.82) is 0 Å². The highest BCUT2D eigenvalue weighted by Gasteiger charge is 2.24. The Labute approximate surface area is 149 Å². The van der Waals surface area contributed by atoms with Gasteiger partial charge in [-0.3, -0.25) is 14.9 Å². The summed E-state index contributed by atoms with van der Waals surface area (Å²) < 4.78 is 10.5. The highest BCUT2D eigenvalue weighted by molar-refractivity contribution is 6.31. The van der Waals surface area contributed by atoms with Crippen LogP contribution in [0.4, 0.5) is 5.69 Å². The maximum absolute atomic E-state index is 12.4. The Balaban J connectivity index is 2.31. The van der Waals surface area contributed by atoms with Gasteiger partial charge in [-0.15, -0.1) is 0 Å². The molecule has 0 saturated heterocycles. The summed E-state index contributed by atoms with van der Waals surface area (Å²) in [6.45, 7) is 2.20. The van der Waals surface area contributed by atoms with E-state index in [1.165, 1.54) is 19.2 Å². The lowest BCUT2D eigenvalue weighted by Crippen LogP contribution is -2.24. The lowest BCUT2D eigenvalue weighted by atomic mass is 10.1. The van der Waals surface area contributed by atoms with E-state index in [1.807, 2.05) is 0 Å². The number of carbonyl (C=O) groups is 1. The average molecular weight is 365 g/mol. The zero-order chi connectivity index (χ0) is 18.4. The van der Waals surface area contributed by atoms with E-state index in [9.17, 15) is 14.9 Å².